The molecule has 0 spiro atoms. The van der Waals surface area contributed by atoms with Gasteiger partial charge >= 0.3 is 0 Å². The van der Waals surface area contributed by atoms with Crippen molar-refractivity contribution in [3.05, 3.63) is 70.2 Å². The van der Waals surface area contributed by atoms with Crippen LogP contribution in [0.5, 0.6) is 0 Å². The van der Waals surface area contributed by atoms with Crippen molar-refractivity contribution < 1.29 is 8.42 Å². The van der Waals surface area contributed by atoms with E-state index in [4.69, 9.17) is 0 Å². The zero-order valence-corrected chi connectivity index (χ0v) is 15.6. The first-order valence-corrected chi connectivity index (χ1v) is 10.3. The summed E-state index contributed by atoms with van der Waals surface area (Å²) in [6.07, 6.45) is 1.24. The molecule has 0 bridgehead atoms. The minimum atomic E-state index is -3.00. The lowest BCUT2D eigenvalue weighted by Crippen LogP contribution is -2.03. The molecule has 4 nitrogen and oxygen atoms in total. The second kappa shape index (κ2) is 6.91. The number of pyridine rings is 1. The zero-order chi connectivity index (χ0) is 17.2. The number of nitrogens with one attached hydrogen (secondary N) is 1. The molecule has 0 fully saturated rings. The van der Waals surface area contributed by atoms with Crippen LogP contribution >= 0.6 is 15.9 Å². The van der Waals surface area contributed by atoms with Gasteiger partial charge in [-0.1, -0.05) is 36.4 Å². The molecular formula is C18H17BrN2O2S. The molecule has 3 rings (SSSR count). The highest BCUT2D eigenvalue weighted by atomic mass is 79.9. The second-order valence-corrected chi connectivity index (χ2v) is 8.74. The number of sulfone groups is 1. The minimum absolute atomic E-state index is 0.0704. The smallest absolute Gasteiger partial charge is 0.151 e. The topological polar surface area (TPSA) is 59.1 Å². The molecule has 124 valence electrons. The Labute approximate surface area is 150 Å². The lowest BCUT2D eigenvalue weighted by Gasteiger charge is -2.08. The van der Waals surface area contributed by atoms with Gasteiger partial charge in [-0.25, -0.2) is 13.4 Å². The van der Waals surface area contributed by atoms with Gasteiger partial charge in [0.05, 0.1) is 11.3 Å². The van der Waals surface area contributed by atoms with Gasteiger partial charge in [-0.3, -0.25) is 0 Å². The summed E-state index contributed by atoms with van der Waals surface area (Å²) in [5.74, 6) is 0.871. The number of aromatic nitrogens is 1. The van der Waals surface area contributed by atoms with E-state index in [1.165, 1.54) is 6.26 Å². The summed E-state index contributed by atoms with van der Waals surface area (Å²) in [6, 6.07) is 17.5. The number of halogens is 1. The molecule has 6 heteroatoms. The van der Waals surface area contributed by atoms with Gasteiger partial charge < -0.3 is 5.32 Å². The van der Waals surface area contributed by atoms with E-state index in [1.54, 1.807) is 0 Å². The average molecular weight is 405 g/mol. The molecule has 0 aliphatic rings. The Kier molecular flexibility index (Phi) is 4.87. The summed E-state index contributed by atoms with van der Waals surface area (Å²) < 4.78 is 23.6. The Bertz CT molecular complexity index is 970. The van der Waals surface area contributed by atoms with Gasteiger partial charge in [0.2, 0.25) is 0 Å². The van der Waals surface area contributed by atoms with Crippen LogP contribution in [-0.2, 0) is 22.1 Å². The van der Waals surface area contributed by atoms with Crippen molar-refractivity contribution >= 4 is 42.5 Å². The Morgan fingerprint density at radius 2 is 1.71 bits per heavy atom. The Hall–Kier alpha value is -1.92. The molecule has 0 atom stereocenters. The summed E-state index contributed by atoms with van der Waals surface area (Å²) in [6.45, 7) is 0.627. The maximum Gasteiger partial charge on any atom is 0.151 e. The first kappa shape index (κ1) is 16.9. The van der Waals surface area contributed by atoms with Crippen molar-refractivity contribution in [2.75, 3.05) is 11.6 Å². The van der Waals surface area contributed by atoms with E-state index >= 15 is 0 Å². The molecular weight excluding hydrogens is 388 g/mol. The third-order valence-corrected chi connectivity index (χ3v) is 5.09. The normalized spacial score (nSPS) is 11.6. The number of fused-ring (bicyclic) bond motifs is 1. The Morgan fingerprint density at radius 3 is 2.42 bits per heavy atom. The molecule has 1 aromatic heterocycles. The van der Waals surface area contributed by atoms with E-state index in [0.29, 0.717) is 6.54 Å². The average Bonchev–Trinajstić information content (AvgIpc) is 2.53. The van der Waals surface area contributed by atoms with Crippen molar-refractivity contribution in [1.29, 1.82) is 0 Å². The third kappa shape index (κ3) is 4.33. The number of benzene rings is 2. The van der Waals surface area contributed by atoms with Crippen LogP contribution < -0.4 is 5.32 Å². The van der Waals surface area contributed by atoms with Crippen LogP contribution in [0.2, 0.25) is 0 Å². The highest BCUT2D eigenvalue weighted by Gasteiger charge is 2.05. The standard InChI is InChI=1S/C18H17BrN2O2S/c1-24(22,23)12-14-7-5-13(6-8-14)11-20-17-10-9-15-3-2-4-16(19)18(15)21-17/h2-10H,11-12H2,1H3,(H,20,21). The quantitative estimate of drug-likeness (QED) is 0.693. The van der Waals surface area contributed by atoms with Gasteiger partial charge in [0.25, 0.3) is 0 Å². The third-order valence-electron chi connectivity index (χ3n) is 3.60. The fraction of sp³-hybridized carbons (Fsp3) is 0.167. The van der Waals surface area contributed by atoms with Crippen LogP contribution in [0.15, 0.2) is 59.1 Å². The summed E-state index contributed by atoms with van der Waals surface area (Å²) in [4.78, 5) is 4.62. The summed E-state index contributed by atoms with van der Waals surface area (Å²) >= 11 is 3.52. The van der Waals surface area contributed by atoms with E-state index in [0.717, 1.165) is 32.3 Å². The number of para-hydroxylation sites is 1. The lowest BCUT2D eigenvalue weighted by atomic mass is 10.1. The van der Waals surface area contributed by atoms with Gasteiger partial charge in [-0.05, 0) is 45.3 Å². The second-order valence-electron chi connectivity index (χ2n) is 5.75. The Balaban J connectivity index is 1.70. The van der Waals surface area contributed by atoms with E-state index in [-0.39, 0.29) is 5.75 Å². The van der Waals surface area contributed by atoms with Crippen molar-refractivity contribution in [3.63, 3.8) is 0 Å². The van der Waals surface area contributed by atoms with Crippen LogP contribution in [0.4, 0.5) is 5.82 Å². The van der Waals surface area contributed by atoms with Gasteiger partial charge in [0, 0.05) is 22.7 Å². The monoisotopic (exact) mass is 404 g/mol. The van der Waals surface area contributed by atoms with Crippen molar-refractivity contribution in [1.82, 2.24) is 4.98 Å². The Morgan fingerprint density at radius 1 is 1.00 bits per heavy atom. The first-order valence-electron chi connectivity index (χ1n) is 7.45. The van der Waals surface area contributed by atoms with E-state index in [1.807, 2.05) is 54.6 Å². The molecule has 0 radical (unpaired) electrons. The maximum absolute atomic E-state index is 11.3. The van der Waals surface area contributed by atoms with Crippen LogP contribution in [-0.4, -0.2) is 19.7 Å². The van der Waals surface area contributed by atoms with Gasteiger partial charge in [0.1, 0.15) is 5.82 Å². The van der Waals surface area contributed by atoms with Crippen LogP contribution in [0, 0.1) is 0 Å². The number of anilines is 1. The van der Waals surface area contributed by atoms with Crippen LogP contribution in [0.25, 0.3) is 10.9 Å². The molecule has 0 saturated heterocycles. The summed E-state index contributed by atoms with van der Waals surface area (Å²) in [7, 11) is -3.00. The molecule has 0 amide bonds. The molecule has 2 aromatic carbocycles. The number of hydrogen-bond acceptors (Lipinski definition) is 4. The highest BCUT2D eigenvalue weighted by molar-refractivity contribution is 9.10. The SMILES string of the molecule is CS(=O)(=O)Cc1ccc(CNc2ccc3cccc(Br)c3n2)cc1. The molecule has 24 heavy (non-hydrogen) atoms. The fourth-order valence-electron chi connectivity index (χ4n) is 2.46. The summed E-state index contributed by atoms with van der Waals surface area (Å²) in [5, 5.41) is 4.38. The van der Waals surface area contributed by atoms with Gasteiger partial charge in [-0.2, -0.15) is 0 Å². The molecule has 0 saturated carbocycles. The van der Waals surface area contributed by atoms with Gasteiger partial charge in [-0.15, -0.1) is 0 Å². The molecule has 0 aliphatic carbocycles. The fourth-order valence-corrected chi connectivity index (χ4v) is 3.73. The molecule has 0 unspecified atom stereocenters. The minimum Gasteiger partial charge on any atom is -0.366 e. The molecule has 1 heterocycles. The van der Waals surface area contributed by atoms with Gasteiger partial charge in [0.15, 0.2) is 9.84 Å². The largest absolute Gasteiger partial charge is 0.366 e. The van der Waals surface area contributed by atoms with E-state index in [9.17, 15) is 8.42 Å². The van der Waals surface area contributed by atoms with E-state index < -0.39 is 9.84 Å². The summed E-state index contributed by atoms with van der Waals surface area (Å²) in [5.41, 5.74) is 2.79. The number of hydrogen-bond donors (Lipinski definition) is 1. The first-order chi connectivity index (χ1) is 11.4. The van der Waals surface area contributed by atoms with Crippen molar-refractivity contribution in [2.45, 2.75) is 12.3 Å². The number of nitrogens with zero attached hydrogens (tertiary/aromatic N) is 1. The predicted octanol–water partition coefficient (Wildman–Crippen LogP) is 4.15. The maximum atomic E-state index is 11.3. The van der Waals surface area contributed by atoms with Crippen LogP contribution in [0.1, 0.15) is 11.1 Å². The number of rotatable bonds is 5. The molecule has 3 aromatic rings. The van der Waals surface area contributed by atoms with Crippen molar-refractivity contribution in [2.24, 2.45) is 0 Å². The highest BCUT2D eigenvalue weighted by Crippen LogP contribution is 2.23. The van der Waals surface area contributed by atoms with Crippen LogP contribution in [0.3, 0.4) is 0 Å². The molecule has 1 N–H and O–H groups in total. The molecule has 0 aliphatic heterocycles. The zero-order valence-electron chi connectivity index (χ0n) is 13.2. The van der Waals surface area contributed by atoms with E-state index in [2.05, 4.69) is 26.2 Å². The predicted molar refractivity (Wildman–Crippen MR) is 102 cm³/mol. The van der Waals surface area contributed by atoms with Crippen molar-refractivity contribution in [3.8, 4) is 0 Å². The lowest BCUT2D eigenvalue weighted by molar-refractivity contribution is 0.601.